The lowest BCUT2D eigenvalue weighted by atomic mass is 9.95. The fourth-order valence-electron chi connectivity index (χ4n) is 3.33. The van der Waals surface area contributed by atoms with Gasteiger partial charge in [-0.1, -0.05) is 11.6 Å². The average molecular weight is 388 g/mol. The normalized spacial score (nSPS) is 15.3. The molecule has 4 rings (SSSR count). The summed E-state index contributed by atoms with van der Waals surface area (Å²) < 4.78 is 1.19. The minimum absolute atomic E-state index is 0.0251. The van der Waals surface area contributed by atoms with Crippen LogP contribution in [-0.2, 0) is 4.79 Å². The number of aromatic hydroxyl groups is 1. The van der Waals surface area contributed by atoms with Crippen LogP contribution >= 0.6 is 22.9 Å². The van der Waals surface area contributed by atoms with Crippen molar-refractivity contribution in [3.8, 4) is 5.75 Å². The first-order valence-corrected chi connectivity index (χ1v) is 9.74. The lowest BCUT2D eigenvalue weighted by Gasteiger charge is -2.33. The molecule has 26 heavy (non-hydrogen) atoms. The van der Waals surface area contributed by atoms with E-state index in [1.165, 1.54) is 16.5 Å². The molecular formula is C19H18ClN3O2S. The van der Waals surface area contributed by atoms with Gasteiger partial charge >= 0.3 is 0 Å². The Kier molecular flexibility index (Phi) is 4.70. The number of nitrogens with zero attached hydrogens (tertiary/aromatic N) is 2. The predicted octanol–water partition coefficient (Wildman–Crippen LogP) is 4.51. The zero-order chi connectivity index (χ0) is 18.1. The lowest BCUT2D eigenvalue weighted by molar-refractivity contribution is -0.120. The number of phenolic OH excluding ortho intramolecular Hbond substituents is 1. The first-order chi connectivity index (χ1) is 12.6. The highest BCUT2D eigenvalue weighted by molar-refractivity contribution is 7.17. The molecule has 5 nitrogen and oxygen atoms in total. The average Bonchev–Trinajstić information content (AvgIpc) is 3.13. The molecule has 2 aromatic heterocycles. The van der Waals surface area contributed by atoms with E-state index in [1.807, 2.05) is 18.3 Å². The third-order valence-corrected chi connectivity index (χ3v) is 5.91. The van der Waals surface area contributed by atoms with Crippen molar-refractivity contribution < 1.29 is 9.90 Å². The molecule has 0 spiro atoms. The maximum absolute atomic E-state index is 12.6. The fourth-order valence-corrected chi connectivity index (χ4v) is 4.40. The second-order valence-corrected chi connectivity index (χ2v) is 7.73. The van der Waals surface area contributed by atoms with Crippen LogP contribution in [0.2, 0.25) is 5.02 Å². The van der Waals surface area contributed by atoms with Crippen molar-refractivity contribution in [2.75, 3.05) is 23.3 Å². The summed E-state index contributed by atoms with van der Waals surface area (Å²) in [6.45, 7) is 1.63. The molecule has 0 radical (unpaired) electrons. The van der Waals surface area contributed by atoms with Crippen LogP contribution in [0.25, 0.3) is 10.2 Å². The third kappa shape index (κ3) is 3.34. The van der Waals surface area contributed by atoms with Crippen molar-refractivity contribution in [1.29, 1.82) is 0 Å². The van der Waals surface area contributed by atoms with Crippen LogP contribution in [0.5, 0.6) is 5.75 Å². The van der Waals surface area contributed by atoms with Crippen LogP contribution < -0.4 is 10.2 Å². The van der Waals surface area contributed by atoms with Crippen molar-refractivity contribution in [2.45, 2.75) is 12.8 Å². The Morgan fingerprint density at radius 2 is 2.08 bits per heavy atom. The summed E-state index contributed by atoms with van der Waals surface area (Å²) in [4.78, 5) is 19.3. The van der Waals surface area contributed by atoms with E-state index in [1.54, 1.807) is 23.5 Å². The largest absolute Gasteiger partial charge is 0.506 e. The van der Waals surface area contributed by atoms with Gasteiger partial charge in [0.25, 0.3) is 0 Å². The lowest BCUT2D eigenvalue weighted by Crippen LogP contribution is -2.38. The molecular weight excluding hydrogens is 370 g/mol. The van der Waals surface area contributed by atoms with Crippen molar-refractivity contribution >= 4 is 50.4 Å². The van der Waals surface area contributed by atoms with Gasteiger partial charge in [0.1, 0.15) is 5.75 Å². The number of carbonyl (C=O) groups excluding carboxylic acids is 1. The summed E-state index contributed by atoms with van der Waals surface area (Å²) >= 11 is 7.63. The van der Waals surface area contributed by atoms with E-state index in [0.717, 1.165) is 31.4 Å². The zero-order valence-electron chi connectivity index (χ0n) is 14.0. The van der Waals surface area contributed by atoms with Crippen LogP contribution in [0.1, 0.15) is 12.8 Å². The van der Waals surface area contributed by atoms with Crippen molar-refractivity contribution in [1.82, 2.24) is 4.98 Å². The highest BCUT2D eigenvalue weighted by Gasteiger charge is 2.26. The number of anilines is 2. The Balaban J connectivity index is 1.42. The van der Waals surface area contributed by atoms with E-state index < -0.39 is 0 Å². The van der Waals surface area contributed by atoms with Gasteiger partial charge in [-0.05, 0) is 48.6 Å². The summed E-state index contributed by atoms with van der Waals surface area (Å²) in [5.41, 5.74) is 2.57. The molecule has 134 valence electrons. The molecule has 0 bridgehead atoms. The van der Waals surface area contributed by atoms with Gasteiger partial charge in [0.05, 0.1) is 21.6 Å². The minimum Gasteiger partial charge on any atom is -0.506 e. The topological polar surface area (TPSA) is 65.5 Å². The summed E-state index contributed by atoms with van der Waals surface area (Å²) in [6.07, 6.45) is 3.37. The summed E-state index contributed by atoms with van der Waals surface area (Å²) in [5, 5.41) is 15.2. The van der Waals surface area contributed by atoms with Crippen LogP contribution in [0.15, 0.2) is 41.9 Å². The first-order valence-electron chi connectivity index (χ1n) is 8.48. The quantitative estimate of drug-likeness (QED) is 0.649. The van der Waals surface area contributed by atoms with Crippen LogP contribution in [-0.4, -0.2) is 29.1 Å². The number of halogens is 1. The van der Waals surface area contributed by atoms with Crippen LogP contribution in [0.4, 0.5) is 11.4 Å². The minimum atomic E-state index is -0.0784. The third-order valence-electron chi connectivity index (χ3n) is 4.75. The first kappa shape index (κ1) is 17.1. The van der Waals surface area contributed by atoms with E-state index in [2.05, 4.69) is 20.6 Å². The maximum atomic E-state index is 12.6. The predicted molar refractivity (Wildman–Crippen MR) is 106 cm³/mol. The number of rotatable bonds is 3. The number of thiophene rings is 1. The number of carbonyl (C=O) groups is 1. The number of pyridine rings is 1. The van der Waals surface area contributed by atoms with Gasteiger partial charge in [-0.3, -0.25) is 9.78 Å². The van der Waals surface area contributed by atoms with Crippen LogP contribution in [0.3, 0.4) is 0 Å². The molecule has 0 aliphatic carbocycles. The van der Waals surface area contributed by atoms with E-state index in [0.29, 0.717) is 10.7 Å². The fraction of sp³-hybridized carbons (Fsp3) is 0.263. The molecule has 1 fully saturated rings. The molecule has 3 heterocycles. The Bertz CT molecular complexity index is 951. The van der Waals surface area contributed by atoms with Gasteiger partial charge in [-0.25, -0.2) is 0 Å². The van der Waals surface area contributed by atoms with Gasteiger partial charge in [0.2, 0.25) is 5.91 Å². The Labute approximate surface area is 160 Å². The summed E-state index contributed by atoms with van der Waals surface area (Å²) in [5.74, 6) is -0.124. The van der Waals surface area contributed by atoms with E-state index in [4.69, 9.17) is 11.6 Å². The highest BCUT2D eigenvalue weighted by Crippen LogP contribution is 2.33. The molecule has 1 aliphatic rings. The number of nitrogens with one attached hydrogen (secondary N) is 1. The Morgan fingerprint density at radius 3 is 2.88 bits per heavy atom. The Morgan fingerprint density at radius 1 is 1.27 bits per heavy atom. The molecule has 0 unspecified atom stereocenters. The molecule has 0 atom stereocenters. The second kappa shape index (κ2) is 7.13. The number of amides is 1. The molecule has 1 aliphatic heterocycles. The number of benzene rings is 1. The Hall–Kier alpha value is -2.31. The van der Waals surface area contributed by atoms with Crippen LogP contribution in [0, 0.1) is 5.92 Å². The SMILES string of the molecule is O=C(Nc1cc(Cl)ccc1O)C1CCN(c2ccnc3ccsc23)CC1. The monoisotopic (exact) mass is 387 g/mol. The smallest absolute Gasteiger partial charge is 0.227 e. The van der Waals surface area contributed by atoms with E-state index in [-0.39, 0.29) is 17.6 Å². The van der Waals surface area contributed by atoms with Crippen molar-refractivity contribution in [3.63, 3.8) is 0 Å². The molecule has 2 N–H and O–H groups in total. The number of phenols is 1. The number of fused-ring (bicyclic) bond motifs is 1. The summed E-state index contributed by atoms with van der Waals surface area (Å²) in [7, 11) is 0. The van der Waals surface area contributed by atoms with Crippen molar-refractivity contribution in [3.05, 3.63) is 46.9 Å². The molecule has 3 aromatic rings. The zero-order valence-corrected chi connectivity index (χ0v) is 15.6. The molecule has 1 saturated heterocycles. The highest BCUT2D eigenvalue weighted by atomic mass is 35.5. The molecule has 7 heteroatoms. The molecule has 1 aromatic carbocycles. The van der Waals surface area contributed by atoms with Crippen molar-refractivity contribution in [2.24, 2.45) is 5.92 Å². The second-order valence-electron chi connectivity index (χ2n) is 6.38. The van der Waals surface area contributed by atoms with Gasteiger partial charge in [0, 0.05) is 30.2 Å². The van der Waals surface area contributed by atoms with Gasteiger partial charge in [-0.2, -0.15) is 0 Å². The molecule has 1 amide bonds. The maximum Gasteiger partial charge on any atom is 0.227 e. The van der Waals surface area contributed by atoms with Gasteiger partial charge in [0.15, 0.2) is 0 Å². The molecule has 0 saturated carbocycles. The standard InChI is InChI=1S/C19H18ClN3O2S/c20-13-1-2-17(24)15(11-13)22-19(25)12-4-8-23(9-5-12)16-3-7-21-14-6-10-26-18(14)16/h1-3,6-7,10-12,24H,4-5,8-9H2,(H,22,25). The number of piperidine rings is 1. The number of aromatic nitrogens is 1. The van der Waals surface area contributed by atoms with Gasteiger partial charge in [-0.15, -0.1) is 11.3 Å². The summed E-state index contributed by atoms with van der Waals surface area (Å²) in [6, 6.07) is 8.71. The van der Waals surface area contributed by atoms with E-state index >= 15 is 0 Å². The number of hydrogen-bond acceptors (Lipinski definition) is 5. The number of hydrogen-bond donors (Lipinski definition) is 2. The van der Waals surface area contributed by atoms with E-state index in [9.17, 15) is 9.90 Å². The van der Waals surface area contributed by atoms with Gasteiger partial charge < -0.3 is 15.3 Å².